The fourth-order valence-electron chi connectivity index (χ4n) is 3.93. The summed E-state index contributed by atoms with van der Waals surface area (Å²) in [5, 5.41) is 31.9. The van der Waals surface area contributed by atoms with Crippen molar-refractivity contribution < 1.29 is 48.8 Å². The number of aliphatic carboxylic acids is 1. The molecule has 1 aromatic carbocycles. The van der Waals surface area contributed by atoms with Gasteiger partial charge in [-0.2, -0.15) is 4.98 Å². The Hall–Kier alpha value is -4.34. The molecule has 0 radical (unpaired) electrons. The lowest BCUT2D eigenvalue weighted by Gasteiger charge is -2.35. The lowest BCUT2D eigenvalue weighted by atomic mass is 10.1. The molecule has 42 heavy (non-hydrogen) atoms. The highest BCUT2D eigenvalue weighted by Crippen LogP contribution is 2.20. The van der Waals surface area contributed by atoms with E-state index in [9.17, 15) is 34.5 Å². The smallest absolute Gasteiger partial charge is 0.481 e. The van der Waals surface area contributed by atoms with Crippen LogP contribution in [0.2, 0.25) is 0 Å². The Bertz CT molecular complexity index is 1200. The normalized spacial score (nSPS) is 14.2. The van der Waals surface area contributed by atoms with Crippen LogP contribution in [0.15, 0.2) is 36.4 Å². The second-order valence-corrected chi connectivity index (χ2v) is 9.31. The first kappa shape index (κ1) is 32.2. The molecule has 0 aliphatic carbocycles. The van der Waals surface area contributed by atoms with E-state index in [2.05, 4.69) is 15.3 Å². The number of rotatable bonds is 14. The highest BCUT2D eigenvalue weighted by molar-refractivity contribution is 5.96. The molecule has 2 amide bonds. The highest BCUT2D eigenvalue weighted by Gasteiger charge is 2.31. The molecule has 0 saturated carbocycles. The zero-order valence-electron chi connectivity index (χ0n) is 23.2. The number of hydrogen-bond acceptors (Lipinski definition) is 12. The maximum Gasteiger partial charge on any atom is 0.527 e. The van der Waals surface area contributed by atoms with Gasteiger partial charge in [-0.1, -0.05) is 30.3 Å². The van der Waals surface area contributed by atoms with Crippen molar-refractivity contribution in [1.29, 1.82) is 0 Å². The third kappa shape index (κ3) is 9.64. The van der Waals surface area contributed by atoms with Gasteiger partial charge >= 0.3 is 12.1 Å². The Balaban J connectivity index is 1.78. The first-order chi connectivity index (χ1) is 20.2. The van der Waals surface area contributed by atoms with Gasteiger partial charge in [0, 0.05) is 37.1 Å². The molecule has 1 atom stereocenters. The molecule has 1 fully saturated rings. The predicted octanol–water partition coefficient (Wildman–Crippen LogP) is 0.319. The van der Waals surface area contributed by atoms with Crippen LogP contribution in [0.3, 0.4) is 0 Å². The quantitative estimate of drug-likeness (QED) is 0.220. The minimum absolute atomic E-state index is 0.00652. The van der Waals surface area contributed by atoms with Gasteiger partial charge in [-0.05, 0) is 13.3 Å². The Kier molecular flexibility index (Phi) is 12.4. The molecule has 3 rings (SSSR count). The number of aliphatic hydroxyl groups excluding tert-OH is 2. The largest absolute Gasteiger partial charge is 0.527 e. The fraction of sp³-hybridized carbons (Fsp3) is 0.481. The number of ether oxygens (including phenoxy) is 2. The van der Waals surface area contributed by atoms with Crippen LogP contribution in [-0.2, 0) is 19.2 Å². The summed E-state index contributed by atoms with van der Waals surface area (Å²) in [7, 11) is 0. The van der Waals surface area contributed by atoms with Gasteiger partial charge in [0.15, 0.2) is 5.82 Å². The SMILES string of the molecule is CCOC(=O)ON1CCN(C(=O)[C@H](CCC(=O)O)NC(=O)c2cc(OCC(CO)CO)nc(-c3ccccc3)n2)CC1. The van der Waals surface area contributed by atoms with Gasteiger partial charge in [-0.15, -0.1) is 5.06 Å². The van der Waals surface area contributed by atoms with Gasteiger partial charge < -0.3 is 39.8 Å². The van der Waals surface area contributed by atoms with E-state index in [1.807, 2.05) is 0 Å². The summed E-state index contributed by atoms with van der Waals surface area (Å²) < 4.78 is 10.4. The summed E-state index contributed by atoms with van der Waals surface area (Å²) in [4.78, 5) is 64.8. The number of benzene rings is 1. The first-order valence-corrected chi connectivity index (χ1v) is 13.4. The molecule has 2 aromatic rings. The van der Waals surface area contributed by atoms with E-state index < -0.39 is 35.9 Å². The lowest BCUT2D eigenvalue weighted by Crippen LogP contribution is -2.55. The van der Waals surface area contributed by atoms with E-state index in [0.717, 1.165) is 0 Å². The minimum atomic E-state index is -1.18. The number of carboxylic acid groups (broad SMARTS) is 1. The number of aromatic nitrogens is 2. The minimum Gasteiger partial charge on any atom is -0.481 e. The Morgan fingerprint density at radius 3 is 2.33 bits per heavy atom. The van der Waals surface area contributed by atoms with Crippen molar-refractivity contribution in [3.05, 3.63) is 42.1 Å². The van der Waals surface area contributed by atoms with E-state index in [0.29, 0.717) is 5.56 Å². The van der Waals surface area contributed by atoms with Gasteiger partial charge in [-0.25, -0.2) is 9.78 Å². The number of nitrogens with one attached hydrogen (secondary N) is 1. The number of hydroxylamine groups is 2. The molecule has 0 bridgehead atoms. The summed E-state index contributed by atoms with van der Waals surface area (Å²) in [5.41, 5.74) is 0.448. The third-order valence-electron chi connectivity index (χ3n) is 6.22. The van der Waals surface area contributed by atoms with Crippen LogP contribution in [0.25, 0.3) is 11.4 Å². The summed E-state index contributed by atoms with van der Waals surface area (Å²) in [6.07, 6.45) is -1.40. The molecular formula is C27H35N5O10. The van der Waals surface area contributed by atoms with Crippen molar-refractivity contribution in [2.45, 2.75) is 25.8 Å². The number of carbonyl (C=O) groups is 4. The van der Waals surface area contributed by atoms with E-state index in [1.54, 1.807) is 37.3 Å². The van der Waals surface area contributed by atoms with Gasteiger partial charge in [0.05, 0.1) is 39.5 Å². The van der Waals surface area contributed by atoms with E-state index in [1.165, 1.54) is 16.0 Å². The second kappa shape index (κ2) is 16.2. The van der Waals surface area contributed by atoms with Crippen LogP contribution in [0, 0.1) is 5.92 Å². The average molecular weight is 590 g/mol. The first-order valence-electron chi connectivity index (χ1n) is 13.4. The number of carbonyl (C=O) groups excluding carboxylic acids is 3. The monoisotopic (exact) mass is 589 g/mol. The molecular weight excluding hydrogens is 554 g/mol. The summed E-state index contributed by atoms with van der Waals surface area (Å²) in [6.45, 7) is 1.79. The maximum absolute atomic E-state index is 13.4. The number of amides is 2. The van der Waals surface area contributed by atoms with Gasteiger partial charge in [0.2, 0.25) is 11.8 Å². The van der Waals surface area contributed by atoms with Gasteiger partial charge in [0.25, 0.3) is 5.91 Å². The number of nitrogens with zero attached hydrogens (tertiary/aromatic N) is 4. The summed E-state index contributed by atoms with van der Waals surface area (Å²) in [5.74, 6) is -2.79. The molecule has 1 aliphatic heterocycles. The molecule has 15 nitrogen and oxygen atoms in total. The van der Waals surface area contributed by atoms with Crippen LogP contribution < -0.4 is 10.1 Å². The van der Waals surface area contributed by atoms with Crippen molar-refractivity contribution in [2.24, 2.45) is 5.92 Å². The standard InChI is InChI=1S/C27H35N5O10/c1-2-40-27(39)42-32-12-10-31(11-13-32)26(38)20(8-9-23(35)36)29-25(37)21-14-22(41-17-18(15-33)16-34)30-24(28-21)19-6-4-3-5-7-19/h3-7,14,18,20,33-34H,2,8-13,15-17H2,1H3,(H,29,37)(H,35,36)/t20-/m0/s1. The van der Waals surface area contributed by atoms with E-state index >= 15 is 0 Å². The van der Waals surface area contributed by atoms with E-state index in [-0.39, 0.29) is 82.8 Å². The zero-order valence-corrected chi connectivity index (χ0v) is 23.2. The Morgan fingerprint density at radius 1 is 1.02 bits per heavy atom. The molecule has 4 N–H and O–H groups in total. The Morgan fingerprint density at radius 2 is 1.71 bits per heavy atom. The molecule has 2 heterocycles. The molecule has 228 valence electrons. The number of aliphatic hydroxyl groups is 2. The third-order valence-corrected chi connectivity index (χ3v) is 6.22. The second-order valence-electron chi connectivity index (χ2n) is 9.31. The van der Waals surface area contributed by atoms with Crippen molar-refractivity contribution in [1.82, 2.24) is 25.2 Å². The fourth-order valence-corrected chi connectivity index (χ4v) is 3.93. The molecule has 0 spiro atoms. The molecule has 0 unspecified atom stereocenters. The van der Waals surface area contributed by atoms with Crippen LogP contribution in [0.5, 0.6) is 5.88 Å². The molecule has 1 aromatic heterocycles. The summed E-state index contributed by atoms with van der Waals surface area (Å²) >= 11 is 0. The van der Waals surface area contributed by atoms with Crippen molar-refractivity contribution in [2.75, 3.05) is 52.6 Å². The predicted molar refractivity (Wildman–Crippen MR) is 145 cm³/mol. The van der Waals surface area contributed by atoms with Crippen molar-refractivity contribution in [3.8, 4) is 17.3 Å². The van der Waals surface area contributed by atoms with Crippen molar-refractivity contribution in [3.63, 3.8) is 0 Å². The maximum atomic E-state index is 13.4. The molecule has 15 heteroatoms. The zero-order chi connectivity index (χ0) is 30.5. The van der Waals surface area contributed by atoms with E-state index in [4.69, 9.17) is 14.3 Å². The van der Waals surface area contributed by atoms with Crippen LogP contribution in [0.1, 0.15) is 30.3 Å². The van der Waals surface area contributed by atoms with Crippen LogP contribution in [0.4, 0.5) is 4.79 Å². The van der Waals surface area contributed by atoms with Gasteiger partial charge in [-0.3, -0.25) is 14.4 Å². The average Bonchev–Trinajstić information content (AvgIpc) is 3.00. The number of hydrogen-bond donors (Lipinski definition) is 4. The highest BCUT2D eigenvalue weighted by atomic mass is 16.8. The van der Waals surface area contributed by atoms with Gasteiger partial charge in [0.1, 0.15) is 11.7 Å². The Labute approximate surface area is 242 Å². The topological polar surface area (TPSA) is 201 Å². The number of carboxylic acids is 1. The van der Waals surface area contributed by atoms with Crippen LogP contribution in [-0.4, -0.2) is 118 Å². The van der Waals surface area contributed by atoms with Crippen molar-refractivity contribution >= 4 is 23.9 Å². The molecule has 1 saturated heterocycles. The van der Waals surface area contributed by atoms with Crippen LogP contribution >= 0.6 is 0 Å². The summed E-state index contributed by atoms with van der Waals surface area (Å²) in [6, 6.07) is 8.86. The number of piperazine rings is 1. The molecule has 1 aliphatic rings. The lowest BCUT2D eigenvalue weighted by molar-refractivity contribution is -0.157.